The van der Waals surface area contributed by atoms with Crippen LogP contribution in [0.25, 0.3) is 0 Å². The van der Waals surface area contributed by atoms with Crippen LogP contribution in [0.4, 0.5) is 0 Å². The van der Waals surface area contributed by atoms with Gasteiger partial charge in [-0.25, -0.2) is 0 Å². The summed E-state index contributed by atoms with van der Waals surface area (Å²) in [5, 5.41) is 0. The summed E-state index contributed by atoms with van der Waals surface area (Å²) in [5.41, 5.74) is 10.9. The molecule has 0 spiro atoms. The minimum Gasteiger partial charge on any atom is -0.457 e. The van der Waals surface area contributed by atoms with Crippen molar-refractivity contribution in [3.63, 3.8) is 0 Å². The first kappa shape index (κ1) is 82.3. The van der Waals surface area contributed by atoms with E-state index in [0.717, 1.165) is 154 Å². The van der Waals surface area contributed by atoms with Crippen LogP contribution in [0.3, 0.4) is 0 Å². The predicted octanol–water partition coefficient (Wildman–Crippen LogP) is 26.1. The Bertz CT molecular complexity index is 6080. The number of rotatable bonds is 24. The van der Waals surface area contributed by atoms with Gasteiger partial charge in [-0.15, -0.1) is 0 Å². The zero-order valence-electron chi connectivity index (χ0n) is 73.9. The van der Waals surface area contributed by atoms with Gasteiger partial charge in [0, 0.05) is 152 Å². The molecule has 8 heterocycles. The van der Waals surface area contributed by atoms with Crippen LogP contribution < -0.4 is 75.8 Å². The first-order valence-corrected chi connectivity index (χ1v) is 46.2. The van der Waals surface area contributed by atoms with E-state index in [-0.39, 0.29) is 5.92 Å². The minimum atomic E-state index is -1.25. The Morgan fingerprint density at radius 1 is 0.234 bits per heavy atom. The number of hydrogen-bond donors (Lipinski definition) is 0. The third kappa shape index (κ3) is 16.8. The second-order valence-electron chi connectivity index (χ2n) is 34.5. The smallest absolute Gasteiger partial charge is 0.267 e. The molecule has 656 valence electrons. The van der Waals surface area contributed by atoms with Gasteiger partial charge in [0.2, 0.25) is 0 Å². The van der Waals surface area contributed by atoms with E-state index in [9.17, 15) is 0 Å². The fourth-order valence-corrected chi connectivity index (χ4v) is 19.9. The van der Waals surface area contributed by atoms with Crippen molar-refractivity contribution in [3.05, 3.63) is 285 Å². The zero-order valence-corrected chi connectivity index (χ0v) is 73.9. The molecule has 1 aliphatic carbocycles. The molecule has 0 radical (unpaired) electrons. The van der Waals surface area contributed by atoms with Crippen molar-refractivity contribution in [1.82, 2.24) is 19.6 Å². The minimum absolute atomic E-state index is 0.351. The summed E-state index contributed by atoms with van der Waals surface area (Å²) in [5.74, 6) is 10.5. The van der Waals surface area contributed by atoms with Crippen LogP contribution in [0.1, 0.15) is 216 Å². The maximum absolute atomic E-state index is 8.37. The molecule has 0 saturated heterocycles. The van der Waals surface area contributed by atoms with Gasteiger partial charge in [0.1, 0.15) is 138 Å². The highest BCUT2D eigenvalue weighted by Crippen LogP contribution is 2.60. The number of fused-ring (bicyclic) bond motifs is 16. The highest BCUT2D eigenvalue weighted by Gasteiger charge is 2.43. The lowest BCUT2D eigenvalue weighted by Crippen LogP contribution is -2.28. The largest absolute Gasteiger partial charge is 0.457 e. The predicted molar refractivity (Wildman–Crippen MR) is 489 cm³/mol. The fourth-order valence-electron chi connectivity index (χ4n) is 19.9. The highest BCUT2D eigenvalue weighted by atomic mass is 16.7. The quantitative estimate of drug-likeness (QED) is 0.0561. The van der Waals surface area contributed by atoms with E-state index in [4.69, 9.17) is 75.8 Å². The normalized spacial score (nSPS) is 18.4. The third-order valence-electron chi connectivity index (χ3n) is 26.6. The molecule has 12 aromatic rings. The first-order chi connectivity index (χ1) is 62.8. The summed E-state index contributed by atoms with van der Waals surface area (Å²) in [6.45, 7) is 28.4. The molecule has 21 rings (SSSR count). The molecular weight excluding hydrogens is 1610 g/mol. The van der Waals surface area contributed by atoms with Crippen molar-refractivity contribution in [2.45, 2.75) is 156 Å². The Morgan fingerprint density at radius 2 is 0.469 bits per heavy atom. The van der Waals surface area contributed by atoms with Gasteiger partial charge >= 0.3 is 0 Å². The lowest BCUT2D eigenvalue weighted by Gasteiger charge is -2.38. The monoisotopic (exact) mass is 1720 g/mol. The maximum Gasteiger partial charge on any atom is 0.267 e. The average molecular weight is 1720 g/mol. The lowest BCUT2D eigenvalue weighted by molar-refractivity contribution is -0.0129. The van der Waals surface area contributed by atoms with E-state index in [1.165, 1.54) is 0 Å². The molecule has 0 aromatic heterocycles. The molecule has 128 heavy (non-hydrogen) atoms. The summed E-state index contributed by atoms with van der Waals surface area (Å²) in [6.07, 6.45) is 1.19. The number of ether oxygens (including phenoxy) is 16. The summed E-state index contributed by atoms with van der Waals surface area (Å²) >= 11 is 0. The SMILES string of the molecule is CCN(CC)CCCc1c2c3cc4c1OC1Oc5cc6c(cc5C4CCCN(CC)CC)C(CCCN(CC)CC)c4cc5c7cc4OC(O6)c4cc6cc(c4)Oc4cccc(c4)Oc4cc(cc1c4)Oc1cccc(c1)Oc1cc4cc(c1)C(Oc1cc(c(cc1C3CCCN(CC)CC)C5)OC(O7)c1cc(cc(c1)Oc1cccc(c1)O4)Oc1cccc(c1)O6)O2. The summed E-state index contributed by atoms with van der Waals surface area (Å²) in [6, 6.07) is 69.5. The van der Waals surface area contributed by atoms with Crippen molar-refractivity contribution >= 4 is 0 Å². The molecule has 9 aliphatic rings. The van der Waals surface area contributed by atoms with Gasteiger partial charge in [-0.05, 0) is 262 Å². The van der Waals surface area contributed by atoms with Gasteiger partial charge in [-0.1, -0.05) is 79.7 Å². The van der Waals surface area contributed by atoms with Gasteiger partial charge in [0.25, 0.3) is 25.2 Å². The van der Waals surface area contributed by atoms with Gasteiger partial charge in [0.05, 0.1) is 0 Å². The summed E-state index contributed by atoms with van der Waals surface area (Å²) in [4.78, 5) is 10.1. The number of nitrogens with zero attached hydrogens (tertiary/aromatic N) is 4. The molecule has 0 fully saturated rings. The van der Waals surface area contributed by atoms with Gasteiger partial charge in [0.15, 0.2) is 0 Å². The Hall–Kier alpha value is -12.7. The van der Waals surface area contributed by atoms with E-state index in [1.807, 2.05) is 170 Å². The van der Waals surface area contributed by atoms with Crippen LogP contribution in [0.5, 0.6) is 138 Å². The first-order valence-electron chi connectivity index (χ1n) is 46.2. The maximum atomic E-state index is 8.37. The molecule has 20 heteroatoms. The zero-order chi connectivity index (χ0) is 86.6. The molecule has 12 aromatic carbocycles. The van der Waals surface area contributed by atoms with Crippen molar-refractivity contribution in [2.75, 3.05) is 78.5 Å². The van der Waals surface area contributed by atoms with Crippen molar-refractivity contribution in [3.8, 4) is 138 Å². The van der Waals surface area contributed by atoms with Gasteiger partial charge in [-0.3, -0.25) is 0 Å². The molecule has 20 nitrogen and oxygen atoms in total. The van der Waals surface area contributed by atoms with E-state index in [1.54, 1.807) is 0 Å². The van der Waals surface area contributed by atoms with Crippen LogP contribution in [0.15, 0.2) is 212 Å². The number of benzene rings is 12. The second kappa shape index (κ2) is 35.5. The summed E-state index contributed by atoms with van der Waals surface area (Å²) in [7, 11) is 0. The standard InChI is InChI=1S/C108H108N4O16/c1-9-109(10-2)37-21-33-87-91-50-65-41-66-51-92-88(34-22-38-110(11-3)12-4)95-61-96-89(35-23-39-111(13-5)14-6)94-60-93(87)101-64-102(94)126-108-70-48-85-59-86(49-70)120-78-32-20-31-77(55-78)118-84-47-69-46-83(58-84)117-75-29-18-26-72(53-75)114-80-43-67-42-79(56-80)113-71-25-17-27-73(52-71)115-81-44-68(45-82(57-81)116-74-28-19-30-76(54-74)119-85)106(124-101)123-99(91)62-97(65)121-105(67)122-98(66)63-100(92)125-107(69)127-103(95)90(104(96)128-108)36-24-40-112(15-7)16-8/h17-20,25-32,42-64,87-89,105-108H,9-16,21-24,33-41H2,1-8H3. The molecular formula is C108H108N4O16. The molecule has 8 aliphatic heterocycles. The van der Waals surface area contributed by atoms with Gasteiger partial charge in [-0.2, -0.15) is 0 Å². The molecule has 40 bridgehead atoms. The molecule has 0 saturated carbocycles. The van der Waals surface area contributed by atoms with E-state index in [0.29, 0.717) is 192 Å². The molecule has 7 atom stereocenters. The summed E-state index contributed by atoms with van der Waals surface area (Å²) < 4.78 is 122. The van der Waals surface area contributed by atoms with Crippen LogP contribution in [-0.4, -0.2) is 98.1 Å². The molecule has 0 amide bonds. The van der Waals surface area contributed by atoms with Crippen LogP contribution in [0, 0.1) is 0 Å². The molecule has 0 N–H and O–H groups in total. The van der Waals surface area contributed by atoms with Crippen LogP contribution in [-0.2, 0) is 12.8 Å². The highest BCUT2D eigenvalue weighted by molar-refractivity contribution is 5.68. The molecule has 7 unspecified atom stereocenters. The Balaban J connectivity index is 0.954. The van der Waals surface area contributed by atoms with E-state index >= 15 is 0 Å². The fraction of sp³-hybridized carbons (Fsp3) is 0.333. The Labute approximate surface area is 748 Å². The van der Waals surface area contributed by atoms with Crippen molar-refractivity contribution in [1.29, 1.82) is 0 Å². The second-order valence-corrected chi connectivity index (χ2v) is 34.5. The van der Waals surface area contributed by atoms with E-state index < -0.39 is 37.0 Å². The van der Waals surface area contributed by atoms with Crippen molar-refractivity contribution < 1.29 is 75.8 Å². The van der Waals surface area contributed by atoms with Gasteiger partial charge < -0.3 is 95.4 Å². The van der Waals surface area contributed by atoms with Crippen LogP contribution >= 0.6 is 0 Å². The Kier molecular flexibility index (Phi) is 22.8. The number of hydrogen-bond acceptors (Lipinski definition) is 20. The van der Waals surface area contributed by atoms with E-state index in [2.05, 4.69) is 117 Å². The average Bonchev–Trinajstić information content (AvgIpc) is 0.723. The topological polar surface area (TPSA) is 161 Å². The lowest BCUT2D eigenvalue weighted by atomic mass is 9.76. The Morgan fingerprint density at radius 3 is 0.758 bits per heavy atom. The van der Waals surface area contributed by atoms with Crippen molar-refractivity contribution in [2.24, 2.45) is 0 Å². The van der Waals surface area contributed by atoms with Crippen LogP contribution in [0.2, 0.25) is 0 Å². The third-order valence-corrected chi connectivity index (χ3v) is 26.6.